The molecule has 0 bridgehead atoms. The maximum atomic E-state index is 12.0. The lowest BCUT2D eigenvalue weighted by atomic mass is 10.0. The summed E-state index contributed by atoms with van der Waals surface area (Å²) in [6, 6.07) is -1.41. The minimum Gasteiger partial charge on any atom is -0.464 e. The molecule has 0 rings (SSSR count). The van der Waals surface area contributed by atoms with Crippen molar-refractivity contribution < 1.29 is 14.3 Å². The van der Waals surface area contributed by atoms with Gasteiger partial charge in [-0.15, -0.1) is 24.8 Å². The van der Waals surface area contributed by atoms with E-state index in [1.807, 2.05) is 13.8 Å². The largest absolute Gasteiger partial charge is 0.464 e. The molecule has 0 spiro atoms. The van der Waals surface area contributed by atoms with Gasteiger partial charge >= 0.3 is 5.97 Å². The van der Waals surface area contributed by atoms with Gasteiger partial charge in [0.05, 0.1) is 12.6 Å². The van der Waals surface area contributed by atoms with Gasteiger partial charge in [-0.25, -0.2) is 4.79 Å². The van der Waals surface area contributed by atoms with Gasteiger partial charge in [-0.05, 0) is 25.7 Å². The van der Waals surface area contributed by atoms with E-state index in [4.69, 9.17) is 21.6 Å². The molecular formula is C13H29Cl2N5O3. The first-order chi connectivity index (χ1) is 9.79. The summed E-state index contributed by atoms with van der Waals surface area (Å²) in [6.45, 7) is 6.10. The number of hydrogen-bond acceptors (Lipinski definition) is 5. The normalized spacial score (nSPS) is 12.2. The van der Waals surface area contributed by atoms with Crippen molar-refractivity contribution in [3.63, 3.8) is 0 Å². The number of carbonyl (C=O) groups is 2. The number of carbonyl (C=O) groups excluding carboxylic acids is 2. The summed E-state index contributed by atoms with van der Waals surface area (Å²) in [5, 5.41) is 12.3. The van der Waals surface area contributed by atoms with Crippen molar-refractivity contribution in [3.05, 3.63) is 0 Å². The second kappa shape index (κ2) is 14.3. The summed E-state index contributed by atoms with van der Waals surface area (Å²) in [4.78, 5) is 23.7. The van der Waals surface area contributed by atoms with E-state index in [0.717, 1.165) is 0 Å². The zero-order chi connectivity index (χ0) is 16.4. The van der Waals surface area contributed by atoms with Crippen LogP contribution in [-0.4, -0.2) is 43.1 Å². The fourth-order valence-electron chi connectivity index (χ4n) is 1.67. The fourth-order valence-corrected chi connectivity index (χ4v) is 1.67. The number of ether oxygens (including phenoxy) is 1. The van der Waals surface area contributed by atoms with Gasteiger partial charge in [0.1, 0.15) is 6.04 Å². The first kappa shape index (κ1) is 26.6. The molecular weight excluding hydrogens is 345 g/mol. The Labute approximate surface area is 149 Å². The summed E-state index contributed by atoms with van der Waals surface area (Å²) in [5.74, 6) is -1.04. The SMILES string of the molecule is CCOC(=O)[C@@H](NC(=O)[C@@H](N)CCCNC(=N)N)C(C)C.Cl.Cl. The third kappa shape index (κ3) is 11.9. The Balaban J connectivity index is -0.00000200. The van der Waals surface area contributed by atoms with E-state index in [2.05, 4.69) is 10.6 Å². The maximum absolute atomic E-state index is 12.0. The fraction of sp³-hybridized carbons (Fsp3) is 0.769. The molecule has 0 unspecified atom stereocenters. The molecule has 0 aliphatic rings. The Morgan fingerprint density at radius 1 is 1.26 bits per heavy atom. The smallest absolute Gasteiger partial charge is 0.328 e. The molecule has 0 saturated heterocycles. The van der Waals surface area contributed by atoms with Crippen molar-refractivity contribution in [1.29, 1.82) is 5.41 Å². The first-order valence-corrected chi connectivity index (χ1v) is 7.10. The third-order valence-corrected chi connectivity index (χ3v) is 2.85. The molecule has 0 aliphatic carbocycles. The summed E-state index contributed by atoms with van der Waals surface area (Å²) in [6.07, 6.45) is 1.03. The lowest BCUT2D eigenvalue weighted by Gasteiger charge is -2.22. The van der Waals surface area contributed by atoms with Crippen molar-refractivity contribution in [2.24, 2.45) is 17.4 Å². The van der Waals surface area contributed by atoms with E-state index in [-0.39, 0.29) is 49.2 Å². The highest BCUT2D eigenvalue weighted by Crippen LogP contribution is 2.05. The van der Waals surface area contributed by atoms with E-state index in [1.54, 1.807) is 6.92 Å². The molecule has 8 nitrogen and oxygen atoms in total. The van der Waals surface area contributed by atoms with Gasteiger partial charge in [-0.3, -0.25) is 10.2 Å². The highest BCUT2D eigenvalue weighted by molar-refractivity contribution is 5.87. The van der Waals surface area contributed by atoms with E-state index in [1.165, 1.54) is 0 Å². The molecule has 0 radical (unpaired) electrons. The number of guanidine groups is 1. The molecule has 0 aromatic heterocycles. The molecule has 0 aromatic carbocycles. The molecule has 2 atom stereocenters. The van der Waals surface area contributed by atoms with E-state index in [9.17, 15) is 9.59 Å². The van der Waals surface area contributed by atoms with Crippen LogP contribution in [0.3, 0.4) is 0 Å². The van der Waals surface area contributed by atoms with E-state index >= 15 is 0 Å². The molecule has 10 heteroatoms. The van der Waals surface area contributed by atoms with Gasteiger partial charge in [-0.1, -0.05) is 13.8 Å². The Morgan fingerprint density at radius 3 is 2.26 bits per heavy atom. The number of nitrogens with one attached hydrogen (secondary N) is 3. The van der Waals surface area contributed by atoms with Gasteiger partial charge in [0.2, 0.25) is 5.91 Å². The lowest BCUT2D eigenvalue weighted by Crippen LogP contribution is -2.51. The Hall–Kier alpha value is -1.25. The van der Waals surface area contributed by atoms with Crippen LogP contribution in [0.4, 0.5) is 0 Å². The predicted molar refractivity (Wildman–Crippen MR) is 95.0 cm³/mol. The molecule has 0 saturated carbocycles. The molecule has 0 heterocycles. The summed E-state index contributed by atoms with van der Waals surface area (Å²) in [5.41, 5.74) is 10.9. The molecule has 0 fully saturated rings. The van der Waals surface area contributed by atoms with Crippen LogP contribution < -0.4 is 22.1 Å². The second-order valence-electron chi connectivity index (χ2n) is 5.07. The quantitative estimate of drug-likeness (QED) is 0.168. The van der Waals surface area contributed by atoms with Crippen molar-refractivity contribution in [2.45, 2.75) is 45.7 Å². The Kier molecular flexibility index (Phi) is 16.6. The summed E-state index contributed by atoms with van der Waals surface area (Å²) >= 11 is 0. The molecule has 1 amide bonds. The van der Waals surface area contributed by atoms with Crippen LogP contribution in [0, 0.1) is 11.3 Å². The number of nitrogens with two attached hydrogens (primary N) is 2. The van der Waals surface area contributed by atoms with Crippen LogP contribution in [0.25, 0.3) is 0 Å². The van der Waals surface area contributed by atoms with Crippen molar-refractivity contribution >= 4 is 42.7 Å². The summed E-state index contributed by atoms with van der Waals surface area (Å²) < 4.78 is 4.93. The average molecular weight is 374 g/mol. The first-order valence-electron chi connectivity index (χ1n) is 7.10. The topological polar surface area (TPSA) is 143 Å². The van der Waals surface area contributed by atoms with Crippen LogP contribution >= 0.6 is 24.8 Å². The number of halogens is 2. The molecule has 7 N–H and O–H groups in total. The van der Waals surface area contributed by atoms with Crippen molar-refractivity contribution in [2.75, 3.05) is 13.2 Å². The minimum atomic E-state index is -0.713. The minimum absolute atomic E-state index is 0. The van der Waals surface area contributed by atoms with Crippen LogP contribution in [-0.2, 0) is 14.3 Å². The number of amides is 1. The second-order valence-corrected chi connectivity index (χ2v) is 5.07. The van der Waals surface area contributed by atoms with E-state index in [0.29, 0.717) is 19.4 Å². The third-order valence-electron chi connectivity index (χ3n) is 2.85. The van der Waals surface area contributed by atoms with Crippen molar-refractivity contribution in [1.82, 2.24) is 10.6 Å². The van der Waals surface area contributed by atoms with Gasteiger partial charge in [0.15, 0.2) is 5.96 Å². The van der Waals surface area contributed by atoms with Gasteiger partial charge in [0, 0.05) is 6.54 Å². The van der Waals surface area contributed by atoms with Crippen molar-refractivity contribution in [3.8, 4) is 0 Å². The standard InChI is InChI=1S/C13H27N5O3.2ClH/c1-4-21-12(20)10(8(2)3)18-11(19)9(14)6-5-7-17-13(15)16;;/h8-10H,4-7,14H2,1-3H3,(H,18,19)(H4,15,16,17);2*1H/t9-,10-;;/m0../s1. The number of hydrogen-bond donors (Lipinski definition) is 5. The van der Waals surface area contributed by atoms with Crippen LogP contribution in [0.1, 0.15) is 33.6 Å². The molecule has 0 aromatic rings. The summed E-state index contributed by atoms with van der Waals surface area (Å²) in [7, 11) is 0. The number of esters is 1. The Bertz CT molecular complexity index is 370. The van der Waals surface area contributed by atoms with Crippen LogP contribution in [0.15, 0.2) is 0 Å². The number of rotatable bonds is 9. The zero-order valence-corrected chi connectivity index (χ0v) is 15.4. The van der Waals surface area contributed by atoms with Gasteiger partial charge < -0.3 is 26.8 Å². The van der Waals surface area contributed by atoms with E-state index < -0.39 is 18.1 Å². The highest BCUT2D eigenvalue weighted by atomic mass is 35.5. The predicted octanol–water partition coefficient (Wildman–Crippen LogP) is 0.124. The van der Waals surface area contributed by atoms with Crippen LogP contribution in [0.2, 0.25) is 0 Å². The Morgan fingerprint density at radius 2 is 1.83 bits per heavy atom. The van der Waals surface area contributed by atoms with Gasteiger partial charge in [0.25, 0.3) is 0 Å². The maximum Gasteiger partial charge on any atom is 0.328 e. The molecule has 138 valence electrons. The monoisotopic (exact) mass is 373 g/mol. The lowest BCUT2D eigenvalue weighted by molar-refractivity contribution is -0.148. The zero-order valence-electron chi connectivity index (χ0n) is 13.8. The van der Waals surface area contributed by atoms with Gasteiger partial charge in [-0.2, -0.15) is 0 Å². The average Bonchev–Trinajstić information content (AvgIpc) is 2.39. The molecule has 23 heavy (non-hydrogen) atoms. The van der Waals surface area contributed by atoms with Crippen LogP contribution in [0.5, 0.6) is 0 Å². The highest BCUT2D eigenvalue weighted by Gasteiger charge is 2.27. The molecule has 0 aliphatic heterocycles.